The number of carbonyl (C=O) groups excluding carboxylic acids is 2. The highest BCUT2D eigenvalue weighted by Gasteiger charge is 2.69. The van der Waals surface area contributed by atoms with Crippen LogP contribution in [0.2, 0.25) is 0 Å². The molecular formula is C16H16O7. The van der Waals surface area contributed by atoms with Crippen LogP contribution in [0.25, 0.3) is 0 Å². The van der Waals surface area contributed by atoms with E-state index in [9.17, 15) is 24.9 Å². The van der Waals surface area contributed by atoms with Gasteiger partial charge in [0.05, 0.1) is 12.7 Å². The lowest BCUT2D eigenvalue weighted by Gasteiger charge is -2.31. The Balaban J connectivity index is 2.46. The molecule has 0 aromatic heterocycles. The van der Waals surface area contributed by atoms with Crippen LogP contribution in [0.15, 0.2) is 11.8 Å². The summed E-state index contributed by atoms with van der Waals surface area (Å²) in [5.41, 5.74) is -1.62. The molecule has 122 valence electrons. The van der Waals surface area contributed by atoms with Crippen LogP contribution >= 0.6 is 0 Å². The van der Waals surface area contributed by atoms with Crippen molar-refractivity contribution in [2.45, 2.75) is 32.0 Å². The molecule has 0 amide bonds. The third-order valence-corrected chi connectivity index (χ3v) is 4.73. The van der Waals surface area contributed by atoms with Crippen LogP contribution < -0.4 is 4.74 Å². The van der Waals surface area contributed by atoms with Gasteiger partial charge in [0.25, 0.3) is 5.79 Å². The second-order valence-corrected chi connectivity index (χ2v) is 5.91. The molecule has 3 rings (SSSR count). The van der Waals surface area contributed by atoms with E-state index >= 15 is 0 Å². The Bertz CT molecular complexity index is 807. The number of Topliss-reactive ketones (excluding diaryl/α,β-unsaturated/α-hetero) is 1. The number of aromatic hydroxyl groups is 2. The summed E-state index contributed by atoms with van der Waals surface area (Å²) >= 11 is 0. The van der Waals surface area contributed by atoms with Crippen LogP contribution in [0.5, 0.6) is 17.2 Å². The molecule has 1 aliphatic heterocycles. The minimum atomic E-state index is -2.34. The van der Waals surface area contributed by atoms with Crippen molar-refractivity contribution in [2.24, 2.45) is 0 Å². The van der Waals surface area contributed by atoms with Crippen LogP contribution in [0, 0.1) is 6.92 Å². The fourth-order valence-electron chi connectivity index (χ4n) is 3.35. The molecule has 1 aromatic rings. The highest BCUT2D eigenvalue weighted by atomic mass is 16.6. The van der Waals surface area contributed by atoms with Gasteiger partial charge in [-0.05, 0) is 20.8 Å². The number of phenolic OH excluding ortho intramolecular Hbond substituents is 2. The molecular weight excluding hydrogens is 304 g/mol. The Hall–Kier alpha value is -2.54. The largest absolute Gasteiger partial charge is 0.507 e. The Morgan fingerprint density at radius 1 is 1.30 bits per heavy atom. The van der Waals surface area contributed by atoms with E-state index in [1.54, 1.807) is 0 Å². The maximum absolute atomic E-state index is 12.2. The second kappa shape index (κ2) is 4.26. The number of ether oxygens (including phenoxy) is 2. The monoisotopic (exact) mass is 320 g/mol. The highest BCUT2D eigenvalue weighted by Crippen LogP contribution is 2.61. The predicted molar refractivity (Wildman–Crippen MR) is 77.5 cm³/mol. The molecule has 2 atom stereocenters. The number of hydrogen-bond acceptors (Lipinski definition) is 7. The molecule has 3 N–H and O–H groups in total. The Morgan fingerprint density at radius 3 is 2.43 bits per heavy atom. The lowest BCUT2D eigenvalue weighted by molar-refractivity contribution is -0.175. The van der Waals surface area contributed by atoms with Gasteiger partial charge in [0, 0.05) is 11.6 Å². The number of hydrogen-bond donors (Lipinski definition) is 3. The summed E-state index contributed by atoms with van der Waals surface area (Å²) in [6, 6.07) is 0. The molecule has 2 aliphatic rings. The lowest BCUT2D eigenvalue weighted by atomic mass is 9.76. The summed E-state index contributed by atoms with van der Waals surface area (Å²) in [6.45, 7) is 4.11. The molecule has 1 aliphatic carbocycles. The third kappa shape index (κ3) is 1.47. The van der Waals surface area contributed by atoms with Gasteiger partial charge in [-0.15, -0.1) is 0 Å². The van der Waals surface area contributed by atoms with Gasteiger partial charge in [0.15, 0.2) is 5.78 Å². The smallest absolute Gasteiger partial charge is 0.289 e. The summed E-state index contributed by atoms with van der Waals surface area (Å²) in [5.74, 6) is -4.56. The van der Waals surface area contributed by atoms with Gasteiger partial charge >= 0.3 is 0 Å². The van der Waals surface area contributed by atoms with Gasteiger partial charge in [-0.3, -0.25) is 9.59 Å². The number of fused-ring (bicyclic) bond motifs is 3. The third-order valence-electron chi connectivity index (χ3n) is 4.73. The Labute approximate surface area is 131 Å². The van der Waals surface area contributed by atoms with Crippen molar-refractivity contribution in [3.8, 4) is 17.2 Å². The van der Waals surface area contributed by atoms with Crippen molar-refractivity contribution >= 4 is 11.6 Å². The zero-order valence-electron chi connectivity index (χ0n) is 13.1. The fraction of sp³-hybridized carbons (Fsp3) is 0.375. The molecule has 0 spiro atoms. The van der Waals surface area contributed by atoms with Crippen molar-refractivity contribution in [3.05, 3.63) is 28.5 Å². The minimum absolute atomic E-state index is 0.0412. The standard InChI is InChI=1S/C16H16O7/c1-6-12(19)10(7(2)17)14-11(13(6)20)15(3)9(22-4)5-8(18)16(15,21)23-14/h5,19-21H,1-4H3/t15-,16-/m1/s1. The van der Waals surface area contributed by atoms with Gasteiger partial charge in [-0.2, -0.15) is 0 Å². The average Bonchev–Trinajstić information content (AvgIpc) is 2.81. The van der Waals surface area contributed by atoms with Crippen LogP contribution in [0.3, 0.4) is 0 Å². The van der Waals surface area contributed by atoms with E-state index in [4.69, 9.17) is 9.47 Å². The molecule has 0 saturated carbocycles. The van der Waals surface area contributed by atoms with Crippen LogP contribution in [-0.2, 0) is 14.9 Å². The normalized spacial score (nSPS) is 28.0. The van der Waals surface area contributed by atoms with Gasteiger partial charge in [0.2, 0.25) is 5.78 Å². The average molecular weight is 320 g/mol. The quantitative estimate of drug-likeness (QED) is 0.698. The molecule has 0 fully saturated rings. The first kappa shape index (κ1) is 15.4. The van der Waals surface area contributed by atoms with Crippen molar-refractivity contribution in [3.63, 3.8) is 0 Å². The predicted octanol–water partition coefficient (Wildman–Crippen LogP) is 1.06. The SMILES string of the molecule is COC1=CC(=O)[C@@]2(O)Oc3c(C(C)=O)c(O)c(C)c(O)c3[C@@]12C. The van der Waals surface area contributed by atoms with E-state index < -0.39 is 28.5 Å². The first-order valence-electron chi connectivity index (χ1n) is 6.93. The molecule has 0 unspecified atom stereocenters. The number of aliphatic hydroxyl groups is 1. The Morgan fingerprint density at radius 2 is 1.91 bits per heavy atom. The van der Waals surface area contributed by atoms with Crippen molar-refractivity contribution in [1.29, 1.82) is 0 Å². The van der Waals surface area contributed by atoms with Gasteiger partial charge < -0.3 is 24.8 Å². The minimum Gasteiger partial charge on any atom is -0.507 e. The van der Waals surface area contributed by atoms with E-state index in [1.165, 1.54) is 27.9 Å². The van der Waals surface area contributed by atoms with E-state index in [1.807, 2.05) is 0 Å². The van der Waals surface area contributed by atoms with Crippen LogP contribution in [0.1, 0.15) is 35.3 Å². The number of methoxy groups -OCH3 is 1. The zero-order chi connectivity index (χ0) is 17.3. The Kier molecular flexibility index (Phi) is 2.84. The molecule has 0 radical (unpaired) electrons. The first-order valence-corrected chi connectivity index (χ1v) is 6.93. The lowest BCUT2D eigenvalue weighted by Crippen LogP contribution is -2.52. The number of rotatable bonds is 2. The highest BCUT2D eigenvalue weighted by molar-refractivity contribution is 6.06. The van der Waals surface area contributed by atoms with E-state index in [-0.39, 0.29) is 33.9 Å². The van der Waals surface area contributed by atoms with Crippen molar-refractivity contribution < 1.29 is 34.4 Å². The van der Waals surface area contributed by atoms with Gasteiger partial charge in [-0.1, -0.05) is 0 Å². The van der Waals surface area contributed by atoms with Gasteiger partial charge in [-0.25, -0.2) is 0 Å². The first-order chi connectivity index (χ1) is 10.6. The van der Waals surface area contributed by atoms with Gasteiger partial charge in [0.1, 0.15) is 34.0 Å². The van der Waals surface area contributed by atoms with Crippen molar-refractivity contribution in [2.75, 3.05) is 7.11 Å². The number of ketones is 2. The van der Waals surface area contributed by atoms with Crippen LogP contribution in [-0.4, -0.2) is 39.8 Å². The molecule has 23 heavy (non-hydrogen) atoms. The number of phenols is 2. The summed E-state index contributed by atoms with van der Waals surface area (Å²) < 4.78 is 10.6. The van der Waals surface area contributed by atoms with E-state index in [2.05, 4.69) is 0 Å². The summed E-state index contributed by atoms with van der Waals surface area (Å²) in [6.07, 6.45) is 1.10. The molecule has 7 nitrogen and oxygen atoms in total. The topological polar surface area (TPSA) is 113 Å². The fourth-order valence-corrected chi connectivity index (χ4v) is 3.35. The summed E-state index contributed by atoms with van der Waals surface area (Å²) in [5, 5.41) is 31.4. The number of benzene rings is 1. The second-order valence-electron chi connectivity index (χ2n) is 5.91. The van der Waals surface area contributed by atoms with Crippen LogP contribution in [0.4, 0.5) is 0 Å². The zero-order valence-corrected chi connectivity index (χ0v) is 13.1. The maximum atomic E-state index is 12.2. The molecule has 1 heterocycles. The van der Waals surface area contributed by atoms with Crippen molar-refractivity contribution in [1.82, 2.24) is 0 Å². The molecule has 0 saturated heterocycles. The maximum Gasteiger partial charge on any atom is 0.289 e. The van der Waals surface area contributed by atoms with E-state index in [0.717, 1.165) is 6.08 Å². The summed E-state index contributed by atoms with van der Waals surface area (Å²) in [4.78, 5) is 24.1. The summed E-state index contributed by atoms with van der Waals surface area (Å²) in [7, 11) is 1.32. The van der Waals surface area contributed by atoms with E-state index in [0.29, 0.717) is 0 Å². The molecule has 7 heteroatoms. The number of carbonyl (C=O) groups is 2. The molecule has 0 bridgehead atoms. The molecule has 1 aromatic carbocycles.